The van der Waals surface area contributed by atoms with Gasteiger partial charge < -0.3 is 15.5 Å². The molecule has 3 rings (SSSR count). The van der Waals surface area contributed by atoms with Crippen molar-refractivity contribution in [2.24, 2.45) is 4.99 Å². The normalized spacial score (nSPS) is 14.9. The van der Waals surface area contributed by atoms with Crippen LogP contribution in [0.1, 0.15) is 35.5 Å². The Hall–Kier alpha value is -1.89. The third-order valence-electron chi connectivity index (χ3n) is 4.73. The van der Waals surface area contributed by atoms with Crippen LogP contribution in [0, 0.1) is 0 Å². The van der Waals surface area contributed by atoms with E-state index in [0.29, 0.717) is 36.9 Å². The monoisotopic (exact) mass is 567 g/mol. The van der Waals surface area contributed by atoms with E-state index in [2.05, 4.69) is 20.6 Å². The molecule has 1 amide bonds. The van der Waals surface area contributed by atoms with Crippen molar-refractivity contribution in [1.29, 1.82) is 0 Å². The molecule has 170 valence electrons. The lowest BCUT2D eigenvalue weighted by atomic mass is 10.1. The van der Waals surface area contributed by atoms with Gasteiger partial charge in [0.1, 0.15) is 0 Å². The van der Waals surface area contributed by atoms with Gasteiger partial charge in [-0.25, -0.2) is 4.98 Å². The van der Waals surface area contributed by atoms with Crippen LogP contribution in [0.3, 0.4) is 0 Å². The van der Waals surface area contributed by atoms with Crippen molar-refractivity contribution in [3.8, 4) is 0 Å². The molecular weight excluding hydrogens is 542 g/mol. The molecule has 1 saturated heterocycles. The van der Waals surface area contributed by atoms with Crippen molar-refractivity contribution in [1.82, 2.24) is 15.6 Å². The standard InChI is InChI=1S/C20H24F3N5OS.HI/c1-24-19(25-10-9-17-27-16(13-30-17)20(21,22)23)26-12-14-5-7-15(8-6-14)28-11-3-2-4-18(28)29;/h5-8,13H,2-4,9-12H2,1H3,(H2,24,25,26);1H. The van der Waals surface area contributed by atoms with E-state index in [1.54, 1.807) is 7.05 Å². The van der Waals surface area contributed by atoms with Crippen LogP contribution in [0.15, 0.2) is 34.6 Å². The summed E-state index contributed by atoms with van der Waals surface area (Å²) in [6.07, 6.45) is -1.45. The summed E-state index contributed by atoms with van der Waals surface area (Å²) in [5.41, 5.74) is 1.09. The molecule has 11 heteroatoms. The minimum absolute atomic E-state index is 0. The van der Waals surface area contributed by atoms with E-state index >= 15 is 0 Å². The van der Waals surface area contributed by atoms with Gasteiger partial charge in [0.25, 0.3) is 0 Å². The number of aliphatic imine (C=N–C) groups is 1. The molecular formula is C20H25F3IN5OS. The third-order valence-corrected chi connectivity index (χ3v) is 5.64. The van der Waals surface area contributed by atoms with Crippen molar-refractivity contribution in [3.05, 3.63) is 45.9 Å². The Bertz CT molecular complexity index is 886. The van der Waals surface area contributed by atoms with E-state index in [0.717, 1.165) is 47.4 Å². The lowest BCUT2D eigenvalue weighted by Gasteiger charge is -2.26. The summed E-state index contributed by atoms with van der Waals surface area (Å²) in [7, 11) is 1.63. The molecule has 1 aromatic heterocycles. The molecule has 0 aliphatic carbocycles. The fourth-order valence-corrected chi connectivity index (χ4v) is 3.93. The number of benzene rings is 1. The second-order valence-corrected chi connectivity index (χ2v) is 7.84. The molecule has 0 atom stereocenters. The number of anilines is 1. The lowest BCUT2D eigenvalue weighted by molar-refractivity contribution is -0.140. The molecule has 2 heterocycles. The zero-order valence-electron chi connectivity index (χ0n) is 17.0. The average Bonchev–Trinajstić information content (AvgIpc) is 3.21. The second-order valence-electron chi connectivity index (χ2n) is 6.90. The topological polar surface area (TPSA) is 69.6 Å². The number of hydrogen-bond donors (Lipinski definition) is 2. The van der Waals surface area contributed by atoms with Crippen LogP contribution in [0.4, 0.5) is 18.9 Å². The maximum absolute atomic E-state index is 12.6. The van der Waals surface area contributed by atoms with Gasteiger partial charge in [0.15, 0.2) is 11.7 Å². The lowest BCUT2D eigenvalue weighted by Crippen LogP contribution is -2.38. The molecule has 2 aromatic rings. The molecule has 0 spiro atoms. The van der Waals surface area contributed by atoms with E-state index in [4.69, 9.17) is 0 Å². The van der Waals surface area contributed by atoms with Gasteiger partial charge in [0.05, 0.1) is 5.01 Å². The number of carbonyl (C=O) groups excluding carboxylic acids is 1. The van der Waals surface area contributed by atoms with E-state index in [1.165, 1.54) is 0 Å². The number of thiazole rings is 1. The second kappa shape index (κ2) is 11.7. The van der Waals surface area contributed by atoms with E-state index < -0.39 is 11.9 Å². The first kappa shape index (κ1) is 25.4. The van der Waals surface area contributed by atoms with Gasteiger partial charge in [0.2, 0.25) is 5.91 Å². The number of carbonyl (C=O) groups is 1. The van der Waals surface area contributed by atoms with Crippen LogP contribution < -0.4 is 15.5 Å². The van der Waals surface area contributed by atoms with Gasteiger partial charge in [-0.15, -0.1) is 35.3 Å². The van der Waals surface area contributed by atoms with Gasteiger partial charge in [-0.2, -0.15) is 13.2 Å². The van der Waals surface area contributed by atoms with Crippen molar-refractivity contribution < 1.29 is 18.0 Å². The van der Waals surface area contributed by atoms with Gasteiger partial charge in [-0.05, 0) is 30.5 Å². The number of nitrogens with zero attached hydrogens (tertiary/aromatic N) is 3. The Kier molecular flexibility index (Phi) is 9.54. The SMILES string of the molecule is CN=C(NCCc1nc(C(F)(F)F)cs1)NCc1ccc(N2CCCCC2=O)cc1.I. The van der Waals surface area contributed by atoms with Crippen molar-refractivity contribution in [3.63, 3.8) is 0 Å². The van der Waals surface area contributed by atoms with Gasteiger partial charge >= 0.3 is 6.18 Å². The Morgan fingerprint density at radius 2 is 1.97 bits per heavy atom. The Labute approximate surface area is 200 Å². The Morgan fingerprint density at radius 1 is 1.23 bits per heavy atom. The number of alkyl halides is 3. The number of guanidine groups is 1. The van der Waals surface area contributed by atoms with Gasteiger partial charge in [-0.3, -0.25) is 9.79 Å². The van der Waals surface area contributed by atoms with Crippen LogP contribution in [0.25, 0.3) is 0 Å². The summed E-state index contributed by atoms with van der Waals surface area (Å²) in [6, 6.07) is 7.81. The number of halogens is 4. The molecule has 31 heavy (non-hydrogen) atoms. The van der Waals surface area contributed by atoms with Crippen molar-refractivity contribution in [2.75, 3.05) is 25.0 Å². The zero-order valence-corrected chi connectivity index (χ0v) is 20.2. The average molecular weight is 567 g/mol. The van der Waals surface area contributed by atoms with E-state index in [1.807, 2.05) is 29.2 Å². The maximum Gasteiger partial charge on any atom is 0.434 e. The molecule has 1 aliphatic rings. The van der Waals surface area contributed by atoms with Crippen molar-refractivity contribution >= 4 is 52.9 Å². The number of hydrogen-bond acceptors (Lipinski definition) is 4. The number of piperidine rings is 1. The summed E-state index contributed by atoms with van der Waals surface area (Å²) in [5, 5.41) is 7.70. The number of rotatable bonds is 6. The van der Waals surface area contributed by atoms with Crippen LogP contribution in [0.2, 0.25) is 0 Å². The van der Waals surface area contributed by atoms with Crippen LogP contribution in [-0.4, -0.2) is 37.0 Å². The molecule has 0 unspecified atom stereocenters. The minimum Gasteiger partial charge on any atom is -0.356 e. The largest absolute Gasteiger partial charge is 0.434 e. The molecule has 1 aromatic carbocycles. The number of amides is 1. The van der Waals surface area contributed by atoms with Gasteiger partial charge in [-0.1, -0.05) is 12.1 Å². The van der Waals surface area contributed by atoms with Gasteiger partial charge in [0, 0.05) is 50.6 Å². The quantitative estimate of drug-likeness (QED) is 0.312. The summed E-state index contributed by atoms with van der Waals surface area (Å²) in [4.78, 5) is 21.6. The highest BCUT2D eigenvalue weighted by atomic mass is 127. The highest BCUT2D eigenvalue weighted by Crippen LogP contribution is 2.30. The van der Waals surface area contributed by atoms with Crippen LogP contribution in [0.5, 0.6) is 0 Å². The predicted octanol–water partition coefficient (Wildman–Crippen LogP) is 4.20. The molecule has 0 radical (unpaired) electrons. The first-order valence-corrected chi connectivity index (χ1v) is 10.6. The molecule has 1 aliphatic heterocycles. The van der Waals surface area contributed by atoms with Crippen molar-refractivity contribution in [2.45, 2.75) is 38.4 Å². The number of aromatic nitrogens is 1. The fourth-order valence-electron chi connectivity index (χ4n) is 3.12. The maximum atomic E-state index is 12.6. The fraction of sp³-hybridized carbons (Fsp3) is 0.450. The minimum atomic E-state index is -4.41. The molecule has 1 fully saturated rings. The number of nitrogens with one attached hydrogen (secondary N) is 2. The first-order valence-electron chi connectivity index (χ1n) is 9.72. The molecule has 2 N–H and O–H groups in total. The van der Waals surface area contributed by atoms with E-state index in [-0.39, 0.29) is 29.9 Å². The summed E-state index contributed by atoms with van der Waals surface area (Å²) in [5.74, 6) is 0.720. The predicted molar refractivity (Wildman–Crippen MR) is 127 cm³/mol. The first-order chi connectivity index (χ1) is 14.4. The Morgan fingerprint density at radius 3 is 2.58 bits per heavy atom. The van der Waals surface area contributed by atoms with E-state index in [9.17, 15) is 18.0 Å². The molecule has 6 nitrogen and oxygen atoms in total. The third kappa shape index (κ3) is 7.34. The highest BCUT2D eigenvalue weighted by Gasteiger charge is 2.33. The highest BCUT2D eigenvalue weighted by molar-refractivity contribution is 14.0. The zero-order chi connectivity index (χ0) is 21.6. The molecule has 0 bridgehead atoms. The van der Waals surface area contributed by atoms with Crippen LogP contribution >= 0.6 is 35.3 Å². The summed E-state index contributed by atoms with van der Waals surface area (Å²) in [6.45, 7) is 1.71. The summed E-state index contributed by atoms with van der Waals surface area (Å²) < 4.78 is 37.8. The van der Waals surface area contributed by atoms with Crippen LogP contribution in [-0.2, 0) is 23.9 Å². The Balaban J connectivity index is 0.00000341. The molecule has 0 saturated carbocycles. The summed E-state index contributed by atoms with van der Waals surface area (Å²) >= 11 is 1.000. The smallest absolute Gasteiger partial charge is 0.356 e.